The minimum atomic E-state index is 0.576. The third-order valence-corrected chi connectivity index (χ3v) is 2.69. The molecule has 15 heavy (non-hydrogen) atoms. The minimum Gasteiger partial charge on any atom is -0.438 e. The molecule has 0 unspecified atom stereocenters. The Balaban J connectivity index is 2.26. The van der Waals surface area contributed by atoms with E-state index in [1.165, 1.54) is 0 Å². The summed E-state index contributed by atoms with van der Waals surface area (Å²) in [5.74, 6) is 2.10. The Bertz CT molecular complexity index is 474. The van der Waals surface area contributed by atoms with Gasteiger partial charge in [0, 0.05) is 12.3 Å². The first kappa shape index (κ1) is 10.4. The zero-order valence-electron chi connectivity index (χ0n) is 8.14. The largest absolute Gasteiger partial charge is 0.438 e. The number of halogens is 1. The lowest BCUT2D eigenvalue weighted by Crippen LogP contribution is -1.92. The number of ether oxygens (including phenoxy) is 1. The molecule has 0 fully saturated rings. The SMILES string of the molecule is Cc1nccc(Oc2ccccc2I)n1. The first-order valence-electron chi connectivity index (χ1n) is 4.48. The molecule has 0 N–H and O–H groups in total. The average molecular weight is 312 g/mol. The van der Waals surface area contributed by atoms with Gasteiger partial charge in [0.15, 0.2) is 0 Å². The molecule has 0 saturated heterocycles. The maximum Gasteiger partial charge on any atom is 0.222 e. The van der Waals surface area contributed by atoms with E-state index in [1.807, 2.05) is 31.2 Å². The quantitative estimate of drug-likeness (QED) is 0.799. The molecule has 1 aromatic heterocycles. The van der Waals surface area contributed by atoms with Crippen LogP contribution in [-0.4, -0.2) is 9.97 Å². The van der Waals surface area contributed by atoms with Crippen LogP contribution in [-0.2, 0) is 0 Å². The van der Waals surface area contributed by atoms with Gasteiger partial charge in [0.1, 0.15) is 11.6 Å². The predicted molar refractivity (Wildman–Crippen MR) is 66.0 cm³/mol. The second kappa shape index (κ2) is 4.57. The lowest BCUT2D eigenvalue weighted by Gasteiger charge is -2.06. The zero-order chi connectivity index (χ0) is 10.7. The molecule has 0 radical (unpaired) electrons. The number of aromatic nitrogens is 2. The van der Waals surface area contributed by atoms with Gasteiger partial charge in [-0.1, -0.05) is 12.1 Å². The third kappa shape index (κ3) is 2.65. The number of rotatable bonds is 2. The van der Waals surface area contributed by atoms with Gasteiger partial charge in [0.25, 0.3) is 0 Å². The molecule has 0 aliphatic heterocycles. The molecule has 76 valence electrons. The maximum atomic E-state index is 5.63. The van der Waals surface area contributed by atoms with Gasteiger partial charge in [-0.05, 0) is 41.6 Å². The van der Waals surface area contributed by atoms with E-state index in [1.54, 1.807) is 12.3 Å². The van der Waals surface area contributed by atoms with Crippen molar-refractivity contribution in [3.8, 4) is 11.6 Å². The van der Waals surface area contributed by atoms with Gasteiger partial charge >= 0.3 is 0 Å². The first-order chi connectivity index (χ1) is 7.25. The van der Waals surface area contributed by atoms with Crippen molar-refractivity contribution in [1.82, 2.24) is 9.97 Å². The molecule has 2 rings (SSSR count). The van der Waals surface area contributed by atoms with Crippen LogP contribution >= 0.6 is 22.6 Å². The molecular weight excluding hydrogens is 303 g/mol. The summed E-state index contributed by atoms with van der Waals surface area (Å²) in [6, 6.07) is 9.56. The highest BCUT2D eigenvalue weighted by Crippen LogP contribution is 2.24. The summed E-state index contributed by atoms with van der Waals surface area (Å²) < 4.78 is 6.69. The monoisotopic (exact) mass is 312 g/mol. The number of hydrogen-bond acceptors (Lipinski definition) is 3. The second-order valence-corrected chi connectivity index (χ2v) is 4.14. The topological polar surface area (TPSA) is 35.0 Å². The van der Waals surface area contributed by atoms with Crippen molar-refractivity contribution in [2.24, 2.45) is 0 Å². The second-order valence-electron chi connectivity index (χ2n) is 2.97. The molecule has 4 heteroatoms. The standard InChI is InChI=1S/C11H9IN2O/c1-8-13-7-6-11(14-8)15-10-5-3-2-4-9(10)12/h2-7H,1H3. The van der Waals surface area contributed by atoms with Crippen molar-refractivity contribution in [3.63, 3.8) is 0 Å². The molecule has 0 bridgehead atoms. The van der Waals surface area contributed by atoms with Crippen molar-refractivity contribution < 1.29 is 4.74 Å². The molecule has 0 atom stereocenters. The highest BCUT2D eigenvalue weighted by Gasteiger charge is 2.02. The Labute approximate surface area is 102 Å². The van der Waals surface area contributed by atoms with E-state index in [0.717, 1.165) is 9.32 Å². The third-order valence-electron chi connectivity index (χ3n) is 1.80. The van der Waals surface area contributed by atoms with Crippen LogP contribution in [0, 0.1) is 10.5 Å². The van der Waals surface area contributed by atoms with Gasteiger partial charge in [0.2, 0.25) is 5.88 Å². The summed E-state index contributed by atoms with van der Waals surface area (Å²) in [6.07, 6.45) is 1.69. The van der Waals surface area contributed by atoms with E-state index in [-0.39, 0.29) is 0 Å². The Morgan fingerprint density at radius 1 is 1.20 bits per heavy atom. The highest BCUT2D eigenvalue weighted by molar-refractivity contribution is 14.1. The van der Waals surface area contributed by atoms with Crippen molar-refractivity contribution in [1.29, 1.82) is 0 Å². The molecule has 0 aliphatic carbocycles. The molecule has 1 heterocycles. The van der Waals surface area contributed by atoms with E-state index >= 15 is 0 Å². The fourth-order valence-electron chi connectivity index (χ4n) is 1.13. The van der Waals surface area contributed by atoms with Crippen LogP contribution < -0.4 is 4.74 Å². The normalized spacial score (nSPS) is 10.0. The van der Waals surface area contributed by atoms with Gasteiger partial charge in [-0.15, -0.1) is 0 Å². The van der Waals surface area contributed by atoms with E-state index in [9.17, 15) is 0 Å². The maximum absolute atomic E-state index is 5.63. The van der Waals surface area contributed by atoms with Crippen molar-refractivity contribution in [2.75, 3.05) is 0 Å². The fourth-order valence-corrected chi connectivity index (χ4v) is 1.63. The number of benzene rings is 1. The van der Waals surface area contributed by atoms with Crippen LogP contribution in [0.5, 0.6) is 11.6 Å². The van der Waals surface area contributed by atoms with E-state index in [0.29, 0.717) is 11.7 Å². The van der Waals surface area contributed by atoms with Crippen LogP contribution in [0.4, 0.5) is 0 Å². The van der Waals surface area contributed by atoms with Crippen LogP contribution in [0.3, 0.4) is 0 Å². The molecule has 0 saturated carbocycles. The number of hydrogen-bond donors (Lipinski definition) is 0. The van der Waals surface area contributed by atoms with E-state index in [4.69, 9.17) is 4.74 Å². The molecule has 2 aromatic rings. The van der Waals surface area contributed by atoms with E-state index < -0.39 is 0 Å². The number of aryl methyl sites for hydroxylation is 1. The van der Waals surface area contributed by atoms with Gasteiger partial charge in [-0.25, -0.2) is 4.98 Å². The summed E-state index contributed by atoms with van der Waals surface area (Å²) in [7, 11) is 0. The van der Waals surface area contributed by atoms with E-state index in [2.05, 4.69) is 32.6 Å². The first-order valence-corrected chi connectivity index (χ1v) is 5.55. The Morgan fingerprint density at radius 3 is 2.73 bits per heavy atom. The van der Waals surface area contributed by atoms with Crippen molar-refractivity contribution in [2.45, 2.75) is 6.92 Å². The minimum absolute atomic E-state index is 0.576. The lowest BCUT2D eigenvalue weighted by molar-refractivity contribution is 0.456. The van der Waals surface area contributed by atoms with Crippen LogP contribution in [0.15, 0.2) is 36.5 Å². The van der Waals surface area contributed by atoms with Crippen LogP contribution in [0.25, 0.3) is 0 Å². The number of nitrogens with zero attached hydrogens (tertiary/aromatic N) is 2. The molecule has 0 amide bonds. The molecular formula is C11H9IN2O. The van der Waals surface area contributed by atoms with Gasteiger partial charge < -0.3 is 4.74 Å². The Morgan fingerprint density at radius 2 is 2.00 bits per heavy atom. The molecule has 3 nitrogen and oxygen atoms in total. The Hall–Kier alpha value is -1.17. The summed E-state index contributed by atoms with van der Waals surface area (Å²) in [5, 5.41) is 0. The summed E-state index contributed by atoms with van der Waals surface area (Å²) in [6.45, 7) is 1.84. The van der Waals surface area contributed by atoms with Crippen LogP contribution in [0.2, 0.25) is 0 Å². The zero-order valence-corrected chi connectivity index (χ0v) is 10.3. The summed E-state index contributed by atoms with van der Waals surface area (Å²) in [5.41, 5.74) is 0. The summed E-state index contributed by atoms with van der Waals surface area (Å²) in [4.78, 5) is 8.18. The van der Waals surface area contributed by atoms with Gasteiger partial charge in [0.05, 0.1) is 3.57 Å². The smallest absolute Gasteiger partial charge is 0.222 e. The van der Waals surface area contributed by atoms with Crippen molar-refractivity contribution >= 4 is 22.6 Å². The molecule has 0 aliphatic rings. The number of para-hydroxylation sites is 1. The molecule has 0 spiro atoms. The predicted octanol–water partition coefficient (Wildman–Crippen LogP) is 3.18. The fraction of sp³-hybridized carbons (Fsp3) is 0.0909. The molecule has 1 aromatic carbocycles. The highest BCUT2D eigenvalue weighted by atomic mass is 127. The van der Waals surface area contributed by atoms with Crippen molar-refractivity contribution in [3.05, 3.63) is 45.9 Å². The van der Waals surface area contributed by atoms with Gasteiger partial charge in [-0.3, -0.25) is 0 Å². The average Bonchev–Trinajstić information content (AvgIpc) is 2.22. The summed E-state index contributed by atoms with van der Waals surface area (Å²) >= 11 is 2.23. The lowest BCUT2D eigenvalue weighted by atomic mass is 10.3. The van der Waals surface area contributed by atoms with Crippen LogP contribution in [0.1, 0.15) is 5.82 Å². The van der Waals surface area contributed by atoms with Gasteiger partial charge in [-0.2, -0.15) is 4.98 Å². The Kier molecular flexibility index (Phi) is 3.15.